The Kier molecular flexibility index (Phi) is 6.09. The summed E-state index contributed by atoms with van der Waals surface area (Å²) in [6, 6.07) is 0. The molecule has 0 fully saturated rings. The van der Waals surface area contributed by atoms with E-state index in [0.717, 1.165) is 11.8 Å². The average Bonchev–Trinajstić information content (AvgIpc) is 2.01. The number of carbonyl (C=O) groups is 1. The van der Waals surface area contributed by atoms with E-state index in [2.05, 4.69) is 11.6 Å². The van der Waals surface area contributed by atoms with E-state index in [1.165, 1.54) is 0 Å². The Balaban J connectivity index is 3.67. The summed E-state index contributed by atoms with van der Waals surface area (Å²) in [5, 5.41) is 8.82. The molecule has 0 aromatic rings. The third-order valence-corrected chi connectivity index (χ3v) is 1.69. The molecule has 0 rings (SSSR count). The molecule has 0 aliphatic rings. The summed E-state index contributed by atoms with van der Waals surface area (Å²) >= 11 is 1.11. The number of hydrogen-bond acceptors (Lipinski definition) is 3. The van der Waals surface area contributed by atoms with E-state index in [-0.39, 0.29) is 5.75 Å². The molecule has 0 bridgehead atoms. The van der Waals surface area contributed by atoms with Crippen molar-refractivity contribution in [1.29, 1.82) is 0 Å². The van der Waals surface area contributed by atoms with Crippen LogP contribution in [0.15, 0.2) is 28.8 Å². The molecule has 0 saturated heterocycles. The highest BCUT2D eigenvalue weighted by molar-refractivity contribution is 8.03. The van der Waals surface area contributed by atoms with Gasteiger partial charge in [-0.25, -0.2) is 0 Å². The standard InChI is InChI=1S/C8H11NO2S/c1-3-4-5-9-7(2)12-6-8(10)11/h3-5H,2,6H2,1H3,(H,10,11)/b4-3-,9-5-. The van der Waals surface area contributed by atoms with Crippen LogP contribution in [0.3, 0.4) is 0 Å². The van der Waals surface area contributed by atoms with Crippen molar-refractivity contribution >= 4 is 23.9 Å². The van der Waals surface area contributed by atoms with Crippen molar-refractivity contribution in [1.82, 2.24) is 0 Å². The van der Waals surface area contributed by atoms with Gasteiger partial charge in [0.25, 0.3) is 0 Å². The molecular weight excluding hydrogens is 174 g/mol. The van der Waals surface area contributed by atoms with Crippen molar-refractivity contribution < 1.29 is 9.90 Å². The predicted octanol–water partition coefficient (Wildman–Crippen LogP) is 1.92. The molecule has 0 saturated carbocycles. The fraction of sp³-hybridized carbons (Fsp3) is 0.250. The highest BCUT2D eigenvalue weighted by Gasteiger charge is 1.97. The van der Waals surface area contributed by atoms with E-state index in [1.54, 1.807) is 12.3 Å². The van der Waals surface area contributed by atoms with Gasteiger partial charge in [-0.2, -0.15) is 0 Å². The zero-order valence-electron chi connectivity index (χ0n) is 6.86. The maximum atomic E-state index is 10.1. The zero-order chi connectivity index (χ0) is 9.40. The van der Waals surface area contributed by atoms with Crippen LogP contribution >= 0.6 is 11.8 Å². The normalized spacial score (nSPS) is 11.1. The molecule has 0 heterocycles. The number of allylic oxidation sites excluding steroid dienone is 2. The molecule has 0 amide bonds. The molecule has 0 spiro atoms. The topological polar surface area (TPSA) is 49.7 Å². The van der Waals surface area contributed by atoms with E-state index >= 15 is 0 Å². The number of carboxylic acid groups (broad SMARTS) is 1. The van der Waals surface area contributed by atoms with E-state index in [4.69, 9.17) is 5.11 Å². The van der Waals surface area contributed by atoms with Gasteiger partial charge in [0.05, 0.1) is 10.8 Å². The Hall–Kier alpha value is -1.03. The van der Waals surface area contributed by atoms with Gasteiger partial charge < -0.3 is 5.11 Å². The molecule has 0 aliphatic carbocycles. The largest absolute Gasteiger partial charge is 0.481 e. The van der Waals surface area contributed by atoms with Gasteiger partial charge in [-0.05, 0) is 13.0 Å². The number of rotatable bonds is 5. The first kappa shape index (κ1) is 11.0. The van der Waals surface area contributed by atoms with E-state index in [0.29, 0.717) is 5.03 Å². The van der Waals surface area contributed by atoms with Crippen molar-refractivity contribution in [3.63, 3.8) is 0 Å². The molecule has 1 N–H and O–H groups in total. The van der Waals surface area contributed by atoms with Crippen LogP contribution in [0.5, 0.6) is 0 Å². The lowest BCUT2D eigenvalue weighted by Gasteiger charge is -1.93. The minimum Gasteiger partial charge on any atom is -0.481 e. The van der Waals surface area contributed by atoms with Gasteiger partial charge in [-0.1, -0.05) is 24.4 Å². The quantitative estimate of drug-likeness (QED) is 0.666. The number of thioether (sulfide) groups is 1. The lowest BCUT2D eigenvalue weighted by Crippen LogP contribution is -1.97. The second kappa shape index (κ2) is 6.67. The number of nitrogens with zero attached hydrogens (tertiary/aromatic N) is 1. The third-order valence-electron chi connectivity index (χ3n) is 0.859. The summed E-state index contributed by atoms with van der Waals surface area (Å²) < 4.78 is 0. The molecule has 0 atom stereocenters. The van der Waals surface area contributed by atoms with Crippen LogP contribution in [0.25, 0.3) is 0 Å². The number of carboxylic acids is 1. The number of aliphatic carboxylic acids is 1. The summed E-state index contributed by atoms with van der Waals surface area (Å²) in [5.74, 6) is -0.853. The Labute approximate surface area is 75.9 Å². The maximum Gasteiger partial charge on any atom is 0.313 e. The molecule has 0 aromatic carbocycles. The van der Waals surface area contributed by atoms with Crippen LogP contribution in [-0.4, -0.2) is 23.0 Å². The molecule has 3 nitrogen and oxygen atoms in total. The van der Waals surface area contributed by atoms with Gasteiger partial charge in [0, 0.05) is 6.21 Å². The highest BCUT2D eigenvalue weighted by atomic mass is 32.2. The first-order chi connectivity index (χ1) is 5.66. The van der Waals surface area contributed by atoms with E-state index < -0.39 is 5.97 Å². The first-order valence-electron chi connectivity index (χ1n) is 3.35. The van der Waals surface area contributed by atoms with Gasteiger partial charge in [0.15, 0.2) is 0 Å². The lowest BCUT2D eigenvalue weighted by atomic mass is 10.6. The molecule has 4 heteroatoms. The van der Waals surface area contributed by atoms with E-state index in [1.807, 2.05) is 13.0 Å². The maximum absolute atomic E-state index is 10.1. The predicted molar refractivity (Wildman–Crippen MR) is 52.5 cm³/mol. The molecule has 12 heavy (non-hydrogen) atoms. The summed E-state index contributed by atoms with van der Waals surface area (Å²) in [6.07, 6.45) is 5.17. The van der Waals surface area contributed by atoms with Crippen LogP contribution in [0.2, 0.25) is 0 Å². The lowest BCUT2D eigenvalue weighted by molar-refractivity contribution is -0.133. The second-order valence-electron chi connectivity index (χ2n) is 1.88. The van der Waals surface area contributed by atoms with Gasteiger partial charge in [-0.3, -0.25) is 9.79 Å². The Morgan fingerprint density at radius 2 is 2.42 bits per heavy atom. The van der Waals surface area contributed by atoms with E-state index in [9.17, 15) is 4.79 Å². The fourth-order valence-corrected chi connectivity index (χ4v) is 0.820. The average molecular weight is 185 g/mol. The monoisotopic (exact) mass is 185 g/mol. The third kappa shape index (κ3) is 7.08. The van der Waals surface area contributed by atoms with Crippen LogP contribution in [0.4, 0.5) is 0 Å². The van der Waals surface area contributed by atoms with Crippen LogP contribution in [0, 0.1) is 0 Å². The summed E-state index contributed by atoms with van der Waals surface area (Å²) in [6.45, 7) is 5.44. The molecular formula is C8H11NO2S. The van der Waals surface area contributed by atoms with Gasteiger partial charge in [0.1, 0.15) is 0 Å². The molecule has 0 radical (unpaired) electrons. The summed E-state index contributed by atoms with van der Waals surface area (Å²) in [4.78, 5) is 14.0. The van der Waals surface area contributed by atoms with Crippen molar-refractivity contribution in [3.8, 4) is 0 Å². The number of aliphatic imine (C=N–C) groups is 1. The van der Waals surface area contributed by atoms with Crippen molar-refractivity contribution in [3.05, 3.63) is 23.8 Å². The number of hydrogen-bond donors (Lipinski definition) is 1. The minimum absolute atomic E-state index is 0.00596. The van der Waals surface area contributed by atoms with Crippen LogP contribution < -0.4 is 0 Å². The molecule has 0 unspecified atom stereocenters. The smallest absolute Gasteiger partial charge is 0.313 e. The van der Waals surface area contributed by atoms with Crippen molar-refractivity contribution in [2.45, 2.75) is 6.92 Å². The SMILES string of the molecule is C=C(/N=C\C=C/C)SCC(=O)O. The molecule has 0 aliphatic heterocycles. The van der Waals surface area contributed by atoms with Crippen molar-refractivity contribution in [2.24, 2.45) is 4.99 Å². The molecule has 66 valence electrons. The molecule has 0 aromatic heterocycles. The van der Waals surface area contributed by atoms with Crippen LogP contribution in [-0.2, 0) is 4.79 Å². The first-order valence-corrected chi connectivity index (χ1v) is 4.34. The van der Waals surface area contributed by atoms with Gasteiger partial charge in [0.2, 0.25) is 0 Å². The fourth-order valence-electron chi connectivity index (χ4n) is 0.395. The Bertz CT molecular complexity index is 221. The van der Waals surface area contributed by atoms with Crippen molar-refractivity contribution in [2.75, 3.05) is 5.75 Å². The Morgan fingerprint density at radius 1 is 1.75 bits per heavy atom. The summed E-state index contributed by atoms with van der Waals surface area (Å²) in [5.41, 5.74) is 0. The van der Waals surface area contributed by atoms with Crippen LogP contribution in [0.1, 0.15) is 6.92 Å². The minimum atomic E-state index is -0.859. The second-order valence-corrected chi connectivity index (χ2v) is 2.93. The summed E-state index contributed by atoms with van der Waals surface area (Å²) in [7, 11) is 0. The highest BCUT2D eigenvalue weighted by Crippen LogP contribution is 2.12. The zero-order valence-corrected chi connectivity index (χ0v) is 7.67. The Morgan fingerprint density at radius 3 is 2.92 bits per heavy atom. The van der Waals surface area contributed by atoms with Gasteiger partial charge >= 0.3 is 5.97 Å². The van der Waals surface area contributed by atoms with Gasteiger partial charge in [-0.15, -0.1) is 0 Å².